The molecule has 0 aliphatic heterocycles. The molecular formula is C13H17BrN2O2S. The lowest BCUT2D eigenvalue weighted by molar-refractivity contribution is -0.131. The van der Waals surface area contributed by atoms with Crippen LogP contribution in [0.25, 0.3) is 6.08 Å². The van der Waals surface area contributed by atoms with Gasteiger partial charge in [0.05, 0.1) is 10.3 Å². The van der Waals surface area contributed by atoms with Gasteiger partial charge in [0.1, 0.15) is 0 Å². The molecule has 19 heavy (non-hydrogen) atoms. The van der Waals surface area contributed by atoms with Crippen molar-refractivity contribution >= 4 is 45.2 Å². The van der Waals surface area contributed by atoms with Crippen LogP contribution in [0.2, 0.25) is 0 Å². The first-order valence-electron chi connectivity index (χ1n) is 5.88. The van der Waals surface area contributed by atoms with Crippen molar-refractivity contribution in [2.45, 2.75) is 13.8 Å². The van der Waals surface area contributed by atoms with E-state index in [1.807, 2.05) is 25.3 Å². The molecule has 0 spiro atoms. The number of hydrogen-bond acceptors (Lipinski definition) is 3. The topological polar surface area (TPSA) is 63.4 Å². The van der Waals surface area contributed by atoms with E-state index in [2.05, 4.69) is 15.9 Å². The number of carbonyl (C=O) groups is 2. The second-order valence-corrected chi connectivity index (χ2v) is 6.89. The Bertz CT molecular complexity index is 483. The Morgan fingerprint density at radius 2 is 2.21 bits per heavy atom. The Morgan fingerprint density at radius 3 is 2.68 bits per heavy atom. The maximum absolute atomic E-state index is 12.0. The van der Waals surface area contributed by atoms with Gasteiger partial charge in [0.25, 0.3) is 0 Å². The third-order valence-electron chi connectivity index (χ3n) is 2.25. The highest BCUT2D eigenvalue weighted by Crippen LogP contribution is 2.21. The van der Waals surface area contributed by atoms with E-state index < -0.39 is 5.91 Å². The molecule has 0 fully saturated rings. The molecular weight excluding hydrogens is 328 g/mol. The van der Waals surface area contributed by atoms with E-state index in [1.54, 1.807) is 17.4 Å². The molecule has 0 aromatic carbocycles. The van der Waals surface area contributed by atoms with Gasteiger partial charge < -0.3 is 10.6 Å². The molecule has 0 saturated carbocycles. The molecule has 0 aliphatic carbocycles. The SMILES string of the molecule is CC(C)CN(CC(N)=O)C(=O)/C=C/c1csc(Br)c1. The average molecular weight is 345 g/mol. The largest absolute Gasteiger partial charge is 0.368 e. The highest BCUT2D eigenvalue weighted by Gasteiger charge is 2.14. The number of primary amides is 1. The Morgan fingerprint density at radius 1 is 1.53 bits per heavy atom. The molecule has 6 heteroatoms. The predicted octanol–water partition coefficient (Wildman–Crippen LogP) is 2.49. The normalized spacial score (nSPS) is 11.2. The van der Waals surface area contributed by atoms with E-state index in [0.29, 0.717) is 6.54 Å². The Hall–Kier alpha value is -1.14. The first-order chi connectivity index (χ1) is 8.88. The van der Waals surface area contributed by atoms with Gasteiger partial charge in [-0.05, 0) is 44.9 Å². The van der Waals surface area contributed by atoms with Crippen LogP contribution in [0.4, 0.5) is 0 Å². The summed E-state index contributed by atoms with van der Waals surface area (Å²) in [4.78, 5) is 24.5. The van der Waals surface area contributed by atoms with Crippen LogP contribution in [0.1, 0.15) is 19.4 Å². The summed E-state index contributed by atoms with van der Waals surface area (Å²) in [6.45, 7) is 4.44. The van der Waals surface area contributed by atoms with E-state index in [1.165, 1.54) is 11.0 Å². The Balaban J connectivity index is 2.70. The molecule has 0 aliphatic rings. The molecule has 0 bridgehead atoms. The minimum Gasteiger partial charge on any atom is -0.368 e. The van der Waals surface area contributed by atoms with Crippen LogP contribution in [0.5, 0.6) is 0 Å². The molecule has 1 rings (SSSR count). The minimum atomic E-state index is -0.499. The number of hydrogen-bond donors (Lipinski definition) is 1. The van der Waals surface area contributed by atoms with Gasteiger partial charge in [-0.3, -0.25) is 9.59 Å². The standard InChI is InChI=1S/C13H17BrN2O2S/c1-9(2)6-16(7-12(15)17)13(18)4-3-10-5-11(14)19-8-10/h3-5,8-9H,6-7H2,1-2H3,(H2,15,17)/b4-3+. The highest BCUT2D eigenvalue weighted by atomic mass is 79.9. The van der Waals surface area contributed by atoms with Crippen LogP contribution in [-0.2, 0) is 9.59 Å². The van der Waals surface area contributed by atoms with Crippen molar-refractivity contribution in [2.24, 2.45) is 11.7 Å². The summed E-state index contributed by atoms with van der Waals surface area (Å²) in [5.41, 5.74) is 6.11. The van der Waals surface area contributed by atoms with E-state index >= 15 is 0 Å². The molecule has 0 unspecified atom stereocenters. The molecule has 2 N–H and O–H groups in total. The number of amides is 2. The summed E-state index contributed by atoms with van der Waals surface area (Å²) in [6.07, 6.45) is 3.21. The van der Waals surface area contributed by atoms with Crippen LogP contribution in [0.3, 0.4) is 0 Å². The van der Waals surface area contributed by atoms with Gasteiger partial charge in [-0.1, -0.05) is 13.8 Å². The molecule has 1 aromatic heterocycles. The molecule has 2 amide bonds. The fourth-order valence-electron chi connectivity index (χ4n) is 1.55. The summed E-state index contributed by atoms with van der Waals surface area (Å²) in [7, 11) is 0. The molecule has 4 nitrogen and oxygen atoms in total. The fourth-order valence-corrected chi connectivity index (χ4v) is 2.69. The predicted molar refractivity (Wildman–Crippen MR) is 81.7 cm³/mol. The monoisotopic (exact) mass is 344 g/mol. The molecule has 1 heterocycles. The van der Waals surface area contributed by atoms with E-state index in [9.17, 15) is 9.59 Å². The van der Waals surface area contributed by atoms with Gasteiger partial charge >= 0.3 is 0 Å². The molecule has 104 valence electrons. The molecule has 0 saturated heterocycles. The van der Waals surface area contributed by atoms with Gasteiger partial charge in [-0.2, -0.15) is 0 Å². The number of rotatable bonds is 6. The lowest BCUT2D eigenvalue weighted by atomic mass is 10.2. The van der Waals surface area contributed by atoms with Gasteiger partial charge in [0.2, 0.25) is 11.8 Å². The number of nitrogens with two attached hydrogens (primary N) is 1. The zero-order valence-corrected chi connectivity index (χ0v) is 13.3. The summed E-state index contributed by atoms with van der Waals surface area (Å²) < 4.78 is 1.01. The van der Waals surface area contributed by atoms with E-state index in [0.717, 1.165) is 9.35 Å². The lowest BCUT2D eigenvalue weighted by Gasteiger charge is -2.21. The first-order valence-corrected chi connectivity index (χ1v) is 7.55. The van der Waals surface area contributed by atoms with Gasteiger partial charge in [-0.15, -0.1) is 11.3 Å². The second-order valence-electron chi connectivity index (χ2n) is 4.60. The molecule has 0 atom stereocenters. The number of nitrogens with zero attached hydrogens (tertiary/aromatic N) is 1. The van der Waals surface area contributed by atoms with E-state index in [-0.39, 0.29) is 18.4 Å². The van der Waals surface area contributed by atoms with Crippen LogP contribution in [0.15, 0.2) is 21.3 Å². The third-order valence-corrected chi connectivity index (χ3v) is 3.77. The summed E-state index contributed by atoms with van der Waals surface area (Å²) in [6, 6.07) is 1.93. The second kappa shape index (κ2) is 7.45. The zero-order chi connectivity index (χ0) is 14.4. The lowest BCUT2D eigenvalue weighted by Crippen LogP contribution is -2.39. The van der Waals surface area contributed by atoms with E-state index in [4.69, 9.17) is 5.73 Å². The van der Waals surface area contributed by atoms with Crippen molar-refractivity contribution in [3.8, 4) is 0 Å². The quantitative estimate of drug-likeness (QED) is 0.805. The van der Waals surface area contributed by atoms with Crippen molar-refractivity contribution in [1.82, 2.24) is 4.90 Å². The number of carbonyl (C=O) groups excluding carboxylic acids is 2. The summed E-state index contributed by atoms with van der Waals surface area (Å²) in [5, 5.41) is 1.94. The van der Waals surface area contributed by atoms with Crippen molar-refractivity contribution in [3.05, 3.63) is 26.9 Å². The smallest absolute Gasteiger partial charge is 0.247 e. The zero-order valence-electron chi connectivity index (χ0n) is 10.9. The summed E-state index contributed by atoms with van der Waals surface area (Å²) >= 11 is 4.91. The minimum absolute atomic E-state index is 0.0469. The Kier molecular flexibility index (Phi) is 6.24. The van der Waals surface area contributed by atoms with Crippen molar-refractivity contribution in [2.75, 3.05) is 13.1 Å². The third kappa shape index (κ3) is 6.02. The van der Waals surface area contributed by atoms with Gasteiger partial charge in [0, 0.05) is 12.6 Å². The van der Waals surface area contributed by atoms with Crippen LogP contribution >= 0.6 is 27.3 Å². The first kappa shape index (κ1) is 15.9. The van der Waals surface area contributed by atoms with Crippen molar-refractivity contribution in [1.29, 1.82) is 0 Å². The van der Waals surface area contributed by atoms with Crippen molar-refractivity contribution in [3.63, 3.8) is 0 Å². The Labute approximate surface area is 125 Å². The van der Waals surface area contributed by atoms with Gasteiger partial charge in [-0.25, -0.2) is 0 Å². The fraction of sp³-hybridized carbons (Fsp3) is 0.385. The maximum atomic E-state index is 12.0. The van der Waals surface area contributed by atoms with Crippen LogP contribution in [-0.4, -0.2) is 29.8 Å². The number of thiophene rings is 1. The van der Waals surface area contributed by atoms with Crippen LogP contribution < -0.4 is 5.73 Å². The van der Waals surface area contributed by atoms with Gasteiger partial charge in [0.15, 0.2) is 0 Å². The maximum Gasteiger partial charge on any atom is 0.247 e. The van der Waals surface area contributed by atoms with Crippen LogP contribution in [0, 0.1) is 5.92 Å². The molecule has 1 aromatic rings. The van der Waals surface area contributed by atoms with Crippen molar-refractivity contribution < 1.29 is 9.59 Å². The number of halogens is 1. The summed E-state index contributed by atoms with van der Waals surface area (Å²) in [5.74, 6) is -0.414. The molecule has 0 radical (unpaired) electrons. The highest BCUT2D eigenvalue weighted by molar-refractivity contribution is 9.11. The average Bonchev–Trinajstić information content (AvgIpc) is 2.70.